The molecular formula is C60H111NO10. The fourth-order valence-electron chi connectivity index (χ4n) is 9.23. The first-order valence-corrected chi connectivity index (χ1v) is 29.8. The number of hydrogen-bond acceptors (Lipinski definition) is 10. The van der Waals surface area contributed by atoms with Gasteiger partial charge in [-0.1, -0.05) is 230 Å². The Morgan fingerprint density at radius 1 is 0.521 bits per heavy atom. The summed E-state index contributed by atoms with van der Waals surface area (Å²) in [5.41, 5.74) is 0. The standard InChI is InChI=1S/C60H111NO10/c1-3-5-7-9-11-13-27-32-36-40-44-48-56(65)69-49-45-41-37-33-29-26-24-22-20-18-16-14-15-17-19-21-23-25-28-31-35-39-43-47-55(64)61-52(53(63)46-42-38-34-30-12-10-8-6-4-2)51-70-60-59(68)58(67)57(66)54(50-62)71-60/h14,16-17,19,42,46,52-54,57-60,62-63,66-68H,3-13,15,18,20-41,43-45,47-51H2,1-2H3,(H,61,64)/b16-14-,19-17-,46-42+. The van der Waals surface area contributed by atoms with Crippen LogP contribution in [-0.4, -0.2) is 100 Å². The third-order valence-corrected chi connectivity index (χ3v) is 14.0. The number of unbranched alkanes of at least 4 members (excludes halogenated alkanes) is 33. The Morgan fingerprint density at radius 3 is 1.42 bits per heavy atom. The molecule has 1 amide bonds. The molecule has 0 spiro atoms. The fraction of sp³-hybridized carbons (Fsp3) is 0.867. The van der Waals surface area contributed by atoms with Crippen LogP contribution >= 0.6 is 0 Å². The second-order valence-electron chi connectivity index (χ2n) is 20.7. The molecule has 1 saturated heterocycles. The van der Waals surface area contributed by atoms with Crippen LogP contribution in [0.15, 0.2) is 36.5 Å². The van der Waals surface area contributed by atoms with Gasteiger partial charge in [0.15, 0.2) is 6.29 Å². The molecule has 0 radical (unpaired) electrons. The van der Waals surface area contributed by atoms with E-state index in [2.05, 4.69) is 43.5 Å². The van der Waals surface area contributed by atoms with E-state index in [9.17, 15) is 35.1 Å². The van der Waals surface area contributed by atoms with Gasteiger partial charge in [0.2, 0.25) is 5.91 Å². The number of allylic oxidation sites excluding steroid dienone is 5. The molecule has 0 aromatic carbocycles. The summed E-state index contributed by atoms with van der Waals surface area (Å²) in [4.78, 5) is 25.0. The number of carbonyl (C=O) groups is 2. The van der Waals surface area contributed by atoms with E-state index in [1.54, 1.807) is 6.08 Å². The molecule has 11 heteroatoms. The van der Waals surface area contributed by atoms with Crippen molar-refractivity contribution < 1.29 is 49.3 Å². The number of amides is 1. The van der Waals surface area contributed by atoms with E-state index < -0.39 is 49.5 Å². The molecule has 1 rings (SSSR count). The Kier molecular flexibility index (Phi) is 47.2. The minimum atomic E-state index is -1.57. The maximum Gasteiger partial charge on any atom is 0.305 e. The van der Waals surface area contributed by atoms with Crippen LogP contribution in [0.1, 0.15) is 271 Å². The van der Waals surface area contributed by atoms with Crippen molar-refractivity contribution >= 4 is 11.9 Å². The number of aliphatic hydroxyl groups excluding tert-OH is 5. The molecule has 416 valence electrons. The smallest absolute Gasteiger partial charge is 0.305 e. The monoisotopic (exact) mass is 1010 g/mol. The van der Waals surface area contributed by atoms with Crippen LogP contribution in [0.2, 0.25) is 0 Å². The van der Waals surface area contributed by atoms with Gasteiger partial charge in [-0.2, -0.15) is 0 Å². The van der Waals surface area contributed by atoms with Crippen molar-refractivity contribution in [3.63, 3.8) is 0 Å². The number of ether oxygens (including phenoxy) is 3. The number of carbonyl (C=O) groups excluding carboxylic acids is 2. The lowest BCUT2D eigenvalue weighted by atomic mass is 9.99. The van der Waals surface area contributed by atoms with Crippen molar-refractivity contribution in [1.82, 2.24) is 5.32 Å². The molecule has 7 unspecified atom stereocenters. The largest absolute Gasteiger partial charge is 0.466 e. The van der Waals surface area contributed by atoms with Crippen molar-refractivity contribution in [3.05, 3.63) is 36.5 Å². The summed E-state index contributed by atoms with van der Waals surface area (Å²) in [6, 6.07) is -0.816. The van der Waals surface area contributed by atoms with Crippen molar-refractivity contribution in [1.29, 1.82) is 0 Å². The number of rotatable bonds is 51. The molecular weight excluding hydrogens is 895 g/mol. The SMILES string of the molecule is CCCCCCCCC/C=C/C(O)C(COC1OC(CO)C(O)C(O)C1O)NC(=O)CCCCCCCCC/C=C\C/C=C\CCCCCCCCCCCOC(=O)CCCCCCCCCCCCC. The topological polar surface area (TPSA) is 175 Å². The van der Waals surface area contributed by atoms with Crippen LogP contribution in [0.3, 0.4) is 0 Å². The number of aliphatic hydroxyl groups is 5. The normalized spacial score (nSPS) is 19.3. The van der Waals surface area contributed by atoms with Gasteiger partial charge < -0.3 is 45.1 Å². The predicted octanol–water partition coefficient (Wildman–Crippen LogP) is 13.5. The average Bonchev–Trinajstić information content (AvgIpc) is 3.37. The lowest BCUT2D eigenvalue weighted by Crippen LogP contribution is -2.60. The van der Waals surface area contributed by atoms with Crippen LogP contribution < -0.4 is 5.32 Å². The molecule has 1 fully saturated rings. The van der Waals surface area contributed by atoms with Crippen LogP contribution in [0, 0.1) is 0 Å². The maximum atomic E-state index is 13.0. The molecule has 1 heterocycles. The van der Waals surface area contributed by atoms with Crippen LogP contribution in [-0.2, 0) is 23.8 Å². The van der Waals surface area contributed by atoms with Gasteiger partial charge in [-0.25, -0.2) is 0 Å². The Balaban J connectivity index is 2.04. The second kappa shape index (κ2) is 50.1. The lowest BCUT2D eigenvalue weighted by Gasteiger charge is -2.40. The maximum absolute atomic E-state index is 13.0. The summed E-state index contributed by atoms with van der Waals surface area (Å²) in [5.74, 6) is -0.200. The van der Waals surface area contributed by atoms with Crippen LogP contribution in [0.4, 0.5) is 0 Å². The van der Waals surface area contributed by atoms with Crippen molar-refractivity contribution in [2.24, 2.45) is 0 Å². The first-order chi connectivity index (χ1) is 34.7. The third-order valence-electron chi connectivity index (χ3n) is 14.0. The van der Waals surface area contributed by atoms with Crippen molar-refractivity contribution in [3.8, 4) is 0 Å². The minimum Gasteiger partial charge on any atom is -0.466 e. The van der Waals surface area contributed by atoms with E-state index in [0.717, 1.165) is 83.5 Å². The van der Waals surface area contributed by atoms with Gasteiger partial charge >= 0.3 is 5.97 Å². The highest BCUT2D eigenvalue weighted by Crippen LogP contribution is 2.23. The molecule has 7 atom stereocenters. The zero-order chi connectivity index (χ0) is 51.7. The first-order valence-electron chi connectivity index (χ1n) is 29.8. The van der Waals surface area contributed by atoms with Crippen molar-refractivity contribution in [2.45, 2.75) is 314 Å². The summed E-state index contributed by atoms with van der Waals surface area (Å²) >= 11 is 0. The fourth-order valence-corrected chi connectivity index (χ4v) is 9.23. The van der Waals surface area contributed by atoms with Gasteiger partial charge in [-0.3, -0.25) is 9.59 Å². The van der Waals surface area contributed by atoms with E-state index in [0.29, 0.717) is 19.4 Å². The first kappa shape index (κ1) is 66.9. The summed E-state index contributed by atoms with van der Waals surface area (Å²) in [5, 5.41) is 54.2. The zero-order valence-electron chi connectivity index (χ0n) is 45.7. The highest BCUT2D eigenvalue weighted by molar-refractivity contribution is 5.76. The van der Waals surface area contributed by atoms with Crippen LogP contribution in [0.5, 0.6) is 0 Å². The molecule has 6 N–H and O–H groups in total. The van der Waals surface area contributed by atoms with E-state index in [1.807, 2.05) is 6.08 Å². The van der Waals surface area contributed by atoms with Gasteiger partial charge in [0, 0.05) is 12.8 Å². The number of hydrogen-bond donors (Lipinski definition) is 6. The highest BCUT2D eigenvalue weighted by Gasteiger charge is 2.44. The summed E-state index contributed by atoms with van der Waals surface area (Å²) < 4.78 is 16.7. The Hall–Kier alpha value is -2.12. The molecule has 1 aliphatic heterocycles. The number of esters is 1. The molecule has 11 nitrogen and oxygen atoms in total. The minimum absolute atomic E-state index is 0.00543. The Bertz CT molecular complexity index is 1280. The number of nitrogens with one attached hydrogen (secondary N) is 1. The predicted molar refractivity (Wildman–Crippen MR) is 292 cm³/mol. The molecule has 0 bridgehead atoms. The van der Waals surface area contributed by atoms with Gasteiger partial charge in [0.05, 0.1) is 32.0 Å². The van der Waals surface area contributed by atoms with Crippen LogP contribution in [0.25, 0.3) is 0 Å². The van der Waals surface area contributed by atoms with Gasteiger partial charge in [-0.15, -0.1) is 0 Å². The molecule has 71 heavy (non-hydrogen) atoms. The Morgan fingerprint density at radius 2 is 0.944 bits per heavy atom. The Labute approximate surface area is 434 Å². The lowest BCUT2D eigenvalue weighted by molar-refractivity contribution is -0.302. The van der Waals surface area contributed by atoms with Crippen molar-refractivity contribution in [2.75, 3.05) is 19.8 Å². The van der Waals surface area contributed by atoms with E-state index in [-0.39, 0.29) is 18.5 Å². The van der Waals surface area contributed by atoms with Gasteiger partial charge in [0.1, 0.15) is 24.4 Å². The highest BCUT2D eigenvalue weighted by atomic mass is 16.7. The van der Waals surface area contributed by atoms with Gasteiger partial charge in [-0.05, 0) is 64.2 Å². The molecule has 0 aromatic heterocycles. The third kappa shape index (κ3) is 39.9. The molecule has 0 aliphatic carbocycles. The molecule has 0 saturated carbocycles. The molecule has 1 aliphatic rings. The van der Waals surface area contributed by atoms with E-state index >= 15 is 0 Å². The van der Waals surface area contributed by atoms with Gasteiger partial charge in [0.25, 0.3) is 0 Å². The molecule has 0 aromatic rings. The summed E-state index contributed by atoms with van der Waals surface area (Å²) in [7, 11) is 0. The second-order valence-corrected chi connectivity index (χ2v) is 20.7. The zero-order valence-corrected chi connectivity index (χ0v) is 45.7. The summed E-state index contributed by atoms with van der Waals surface area (Å²) in [6.45, 7) is 4.30. The van der Waals surface area contributed by atoms with E-state index in [1.165, 1.54) is 161 Å². The quantitative estimate of drug-likeness (QED) is 0.0195. The average molecular weight is 1010 g/mol. The summed E-state index contributed by atoms with van der Waals surface area (Å²) in [6.07, 6.45) is 51.1. The van der Waals surface area contributed by atoms with E-state index in [4.69, 9.17) is 14.2 Å².